The number of rotatable bonds is 5. The molecule has 0 spiro atoms. The van der Waals surface area contributed by atoms with Crippen LogP contribution in [0.4, 0.5) is 5.13 Å². The quantitative estimate of drug-likeness (QED) is 0.674. The van der Waals surface area contributed by atoms with Gasteiger partial charge < -0.3 is 4.74 Å². The van der Waals surface area contributed by atoms with Gasteiger partial charge in [0, 0.05) is 16.5 Å². The van der Waals surface area contributed by atoms with Crippen LogP contribution in [0.2, 0.25) is 0 Å². The van der Waals surface area contributed by atoms with Crippen molar-refractivity contribution >= 4 is 28.5 Å². The number of carbonyl (C=O) groups excluding carboxylic acids is 1. The summed E-state index contributed by atoms with van der Waals surface area (Å²) in [5, 5.41) is 3.42. The van der Waals surface area contributed by atoms with Crippen LogP contribution in [-0.4, -0.2) is 18.0 Å². The van der Waals surface area contributed by atoms with Gasteiger partial charge in [0.2, 0.25) is 5.91 Å². The molecule has 3 rings (SSSR count). The lowest BCUT2D eigenvalue weighted by Gasteiger charge is -1.99. The number of nitrogens with zero attached hydrogens (tertiary/aromatic N) is 1. The van der Waals surface area contributed by atoms with Gasteiger partial charge in [-0.25, -0.2) is 4.98 Å². The molecule has 1 N–H and O–H groups in total. The molecule has 1 amide bonds. The summed E-state index contributed by atoms with van der Waals surface area (Å²) in [5.74, 6) is 0.581. The molecule has 2 aromatic carbocycles. The van der Waals surface area contributed by atoms with E-state index in [4.69, 9.17) is 4.74 Å². The minimum absolute atomic E-state index is 0.204. The zero-order valence-electron chi connectivity index (χ0n) is 14.0. The lowest BCUT2D eigenvalue weighted by atomic mass is 10.1. The molecule has 0 unspecified atom stereocenters. The van der Waals surface area contributed by atoms with Crippen LogP contribution in [0.5, 0.6) is 5.75 Å². The summed E-state index contributed by atoms with van der Waals surface area (Å²) < 4.78 is 5.11. The van der Waals surface area contributed by atoms with Gasteiger partial charge in [0.1, 0.15) is 5.75 Å². The van der Waals surface area contributed by atoms with Crippen molar-refractivity contribution < 1.29 is 9.53 Å². The summed E-state index contributed by atoms with van der Waals surface area (Å²) in [6, 6.07) is 17.4. The van der Waals surface area contributed by atoms with Gasteiger partial charge in [-0.2, -0.15) is 0 Å². The van der Waals surface area contributed by atoms with Gasteiger partial charge >= 0.3 is 0 Å². The molecule has 25 heavy (non-hydrogen) atoms. The van der Waals surface area contributed by atoms with E-state index < -0.39 is 0 Å². The first kappa shape index (κ1) is 16.9. The number of carbonyl (C=O) groups is 1. The number of amides is 1. The van der Waals surface area contributed by atoms with Gasteiger partial charge in [-0.3, -0.25) is 10.1 Å². The van der Waals surface area contributed by atoms with Crippen molar-refractivity contribution in [1.29, 1.82) is 0 Å². The number of hydrogen-bond acceptors (Lipinski definition) is 4. The van der Waals surface area contributed by atoms with Crippen molar-refractivity contribution in [2.24, 2.45) is 0 Å². The zero-order chi connectivity index (χ0) is 17.6. The van der Waals surface area contributed by atoms with Crippen molar-refractivity contribution in [3.63, 3.8) is 0 Å². The number of methoxy groups -OCH3 is 1. The number of thiazole rings is 1. The second-order valence-corrected chi connectivity index (χ2v) is 6.59. The highest BCUT2D eigenvalue weighted by Crippen LogP contribution is 2.30. The summed E-state index contributed by atoms with van der Waals surface area (Å²) in [6.07, 6.45) is 3.26. The van der Waals surface area contributed by atoms with Crippen LogP contribution in [0.3, 0.4) is 0 Å². The topological polar surface area (TPSA) is 51.2 Å². The maximum absolute atomic E-state index is 12.1. The predicted molar refractivity (Wildman–Crippen MR) is 103 cm³/mol. The minimum Gasteiger partial charge on any atom is -0.497 e. The van der Waals surface area contributed by atoms with E-state index in [0.717, 1.165) is 27.4 Å². The molecule has 1 heterocycles. The Labute approximate surface area is 150 Å². The van der Waals surface area contributed by atoms with Crippen molar-refractivity contribution in [3.05, 3.63) is 71.1 Å². The number of hydrogen-bond donors (Lipinski definition) is 1. The molecule has 0 aliphatic heterocycles. The molecule has 0 saturated carbocycles. The van der Waals surface area contributed by atoms with Gasteiger partial charge in [-0.15, -0.1) is 11.3 Å². The molecule has 0 aliphatic carbocycles. The average molecular weight is 350 g/mol. The van der Waals surface area contributed by atoms with Crippen LogP contribution in [0.25, 0.3) is 17.3 Å². The summed E-state index contributed by atoms with van der Waals surface area (Å²) in [6.45, 7) is 2.00. The highest BCUT2D eigenvalue weighted by atomic mass is 32.1. The largest absolute Gasteiger partial charge is 0.497 e. The fraction of sp³-hybridized carbons (Fsp3) is 0.100. The monoisotopic (exact) mass is 350 g/mol. The SMILES string of the molecule is COc1ccc(C=CC(=O)Nc2nc(-c3ccccc3)c(C)s2)cc1. The molecule has 0 fully saturated rings. The zero-order valence-corrected chi connectivity index (χ0v) is 14.8. The third-order valence-corrected chi connectivity index (χ3v) is 4.50. The van der Waals surface area contributed by atoms with Crippen LogP contribution in [0.1, 0.15) is 10.4 Å². The Kier molecular flexibility index (Phi) is 5.26. The van der Waals surface area contributed by atoms with E-state index in [1.807, 2.05) is 61.5 Å². The number of nitrogens with one attached hydrogen (secondary N) is 1. The third kappa shape index (κ3) is 4.33. The Morgan fingerprint density at radius 3 is 2.52 bits per heavy atom. The first-order valence-electron chi connectivity index (χ1n) is 7.81. The molecule has 5 heteroatoms. The number of aryl methyl sites for hydroxylation is 1. The van der Waals surface area contributed by atoms with E-state index in [2.05, 4.69) is 10.3 Å². The second-order valence-electron chi connectivity index (χ2n) is 5.39. The van der Waals surface area contributed by atoms with Crippen LogP contribution < -0.4 is 10.1 Å². The maximum Gasteiger partial charge on any atom is 0.250 e. The molecule has 3 aromatic rings. The van der Waals surface area contributed by atoms with Gasteiger partial charge in [-0.05, 0) is 30.7 Å². The highest BCUT2D eigenvalue weighted by molar-refractivity contribution is 7.16. The lowest BCUT2D eigenvalue weighted by molar-refractivity contribution is -0.111. The number of benzene rings is 2. The van der Waals surface area contributed by atoms with E-state index in [-0.39, 0.29) is 5.91 Å². The smallest absolute Gasteiger partial charge is 0.250 e. The molecule has 1 aromatic heterocycles. The van der Waals surface area contributed by atoms with Crippen LogP contribution >= 0.6 is 11.3 Å². The average Bonchev–Trinajstić information content (AvgIpc) is 3.01. The fourth-order valence-corrected chi connectivity index (χ4v) is 3.19. The molecule has 0 aliphatic rings. The molecule has 0 saturated heterocycles. The number of ether oxygens (including phenoxy) is 1. The summed E-state index contributed by atoms with van der Waals surface area (Å²) in [4.78, 5) is 17.7. The molecule has 0 bridgehead atoms. The Hall–Kier alpha value is -2.92. The first-order valence-corrected chi connectivity index (χ1v) is 8.63. The first-order chi connectivity index (χ1) is 12.2. The van der Waals surface area contributed by atoms with E-state index in [1.54, 1.807) is 13.2 Å². The molecule has 0 atom stereocenters. The van der Waals surface area contributed by atoms with Gasteiger partial charge in [0.15, 0.2) is 5.13 Å². The number of aromatic nitrogens is 1. The van der Waals surface area contributed by atoms with Gasteiger partial charge in [0.05, 0.1) is 12.8 Å². The van der Waals surface area contributed by atoms with Crippen molar-refractivity contribution in [2.45, 2.75) is 6.92 Å². The van der Waals surface area contributed by atoms with Crippen molar-refractivity contribution in [1.82, 2.24) is 4.98 Å². The maximum atomic E-state index is 12.1. The molecular formula is C20H18N2O2S. The summed E-state index contributed by atoms with van der Waals surface area (Å²) in [7, 11) is 1.62. The fourth-order valence-electron chi connectivity index (χ4n) is 2.35. The molecule has 4 nitrogen and oxygen atoms in total. The standard InChI is InChI=1S/C20H18N2O2S/c1-14-19(16-6-4-3-5-7-16)22-20(25-14)21-18(23)13-10-15-8-11-17(24-2)12-9-15/h3-13H,1-2H3,(H,21,22,23). The molecule has 126 valence electrons. The third-order valence-electron chi connectivity index (χ3n) is 3.62. The summed E-state index contributed by atoms with van der Waals surface area (Å²) in [5.41, 5.74) is 2.88. The van der Waals surface area contributed by atoms with Crippen LogP contribution in [-0.2, 0) is 4.79 Å². The van der Waals surface area contributed by atoms with E-state index in [1.165, 1.54) is 17.4 Å². The Balaban J connectivity index is 1.67. The van der Waals surface area contributed by atoms with E-state index >= 15 is 0 Å². The Bertz CT molecular complexity index is 884. The van der Waals surface area contributed by atoms with Crippen molar-refractivity contribution in [3.8, 4) is 17.0 Å². The molecule has 0 radical (unpaired) electrons. The summed E-state index contributed by atoms with van der Waals surface area (Å²) >= 11 is 1.47. The number of anilines is 1. The molecular weight excluding hydrogens is 332 g/mol. The second kappa shape index (κ2) is 7.77. The minimum atomic E-state index is -0.204. The Morgan fingerprint density at radius 1 is 1.12 bits per heavy atom. The lowest BCUT2D eigenvalue weighted by Crippen LogP contribution is -2.07. The van der Waals surface area contributed by atoms with Crippen LogP contribution in [0, 0.1) is 6.92 Å². The van der Waals surface area contributed by atoms with E-state index in [0.29, 0.717) is 5.13 Å². The van der Waals surface area contributed by atoms with Crippen molar-refractivity contribution in [2.75, 3.05) is 12.4 Å². The van der Waals surface area contributed by atoms with Gasteiger partial charge in [0.25, 0.3) is 0 Å². The van der Waals surface area contributed by atoms with E-state index in [9.17, 15) is 4.79 Å². The predicted octanol–water partition coefficient (Wildman–Crippen LogP) is 4.78. The normalized spacial score (nSPS) is 10.8. The van der Waals surface area contributed by atoms with Crippen LogP contribution in [0.15, 0.2) is 60.7 Å². The highest BCUT2D eigenvalue weighted by Gasteiger charge is 2.10. The Morgan fingerprint density at radius 2 is 1.84 bits per heavy atom. The van der Waals surface area contributed by atoms with Gasteiger partial charge in [-0.1, -0.05) is 42.5 Å².